The number of nitrogens with one attached hydrogen (secondary N) is 1. The molecule has 0 bridgehead atoms. The van der Waals surface area contributed by atoms with Gasteiger partial charge in [-0.15, -0.1) is 0 Å². The lowest BCUT2D eigenvalue weighted by Crippen LogP contribution is -2.42. The van der Waals surface area contributed by atoms with Crippen molar-refractivity contribution in [2.45, 2.75) is 38.8 Å². The van der Waals surface area contributed by atoms with Gasteiger partial charge in [0, 0.05) is 35.0 Å². The van der Waals surface area contributed by atoms with Crippen LogP contribution in [0.2, 0.25) is 0 Å². The normalized spacial score (nSPS) is 20.4. The Hall–Kier alpha value is -3.51. The van der Waals surface area contributed by atoms with Crippen LogP contribution in [0.1, 0.15) is 46.5 Å². The molecule has 2 fully saturated rings. The molecule has 4 aromatic rings. The highest BCUT2D eigenvalue weighted by molar-refractivity contribution is 8.24. The molecule has 0 unspecified atom stereocenters. The molecule has 1 amide bonds. The third-order valence-electron chi connectivity index (χ3n) is 7.71. The first-order chi connectivity index (χ1) is 19.3. The van der Waals surface area contributed by atoms with Gasteiger partial charge in [0.1, 0.15) is 11.6 Å². The highest BCUT2D eigenvalue weighted by Gasteiger charge is 2.30. The second kappa shape index (κ2) is 10.8. The van der Waals surface area contributed by atoms with Gasteiger partial charge in [0.05, 0.1) is 30.5 Å². The zero-order valence-electron chi connectivity index (χ0n) is 22.5. The molecule has 6 rings (SSSR count). The van der Waals surface area contributed by atoms with Crippen LogP contribution in [-0.2, 0) is 4.74 Å². The minimum absolute atomic E-state index is 0.0862. The molecule has 2 saturated heterocycles. The summed E-state index contributed by atoms with van der Waals surface area (Å²) in [4.78, 5) is 25.2. The Labute approximate surface area is 234 Å². The first kappa shape index (κ1) is 26.7. The number of anilines is 1. The fraction of sp³-hybridized carbons (Fsp3) is 0.379. The third kappa shape index (κ3) is 5.29. The number of amides is 1. The average molecular weight is 564 g/mol. The maximum atomic E-state index is 13.4. The molecule has 2 aliphatic rings. The number of carbonyl (C=O) groups is 1. The molecular formula is C29H33N5O5S. The van der Waals surface area contributed by atoms with E-state index in [1.165, 1.54) is 0 Å². The van der Waals surface area contributed by atoms with E-state index in [1.807, 2.05) is 50.2 Å². The second-order valence-corrected chi connectivity index (χ2v) is 12.9. The van der Waals surface area contributed by atoms with Gasteiger partial charge >= 0.3 is 0 Å². The summed E-state index contributed by atoms with van der Waals surface area (Å²) < 4.78 is 31.2. The number of aryl methyl sites for hydroxylation is 2. The number of nitrogens with zero attached hydrogens (tertiary/aromatic N) is 4. The van der Waals surface area contributed by atoms with Gasteiger partial charge < -0.3 is 19.5 Å². The standard InChI is InChI=1S/C29H33N5O5S/c1-18-26(19(2)39-33-18)21-8-9-24-23(16-21)28(34-12-13-38-17-25(34)20-6-4-3-5-7-20)32-27(31-24)29(35)30-22-10-14-40(36,37)15-11-22/h3-9,16,22,25,36-37H,10-15,17H2,1-2H3,(H,30,35)/t25-/m1/s1. The lowest BCUT2D eigenvalue weighted by Gasteiger charge is -2.39. The van der Waals surface area contributed by atoms with Crippen molar-refractivity contribution in [3.63, 3.8) is 0 Å². The van der Waals surface area contributed by atoms with Crippen molar-refractivity contribution in [2.24, 2.45) is 0 Å². The molecular weight excluding hydrogens is 530 g/mol. The molecule has 4 heterocycles. The summed E-state index contributed by atoms with van der Waals surface area (Å²) in [5.74, 6) is 1.69. The SMILES string of the molecule is Cc1noc(C)c1-c1ccc2nc(C(=O)NC3CCS(O)(O)CC3)nc(N3CCOC[C@@H]3c3ccccc3)c2c1. The minimum atomic E-state index is -2.54. The zero-order valence-corrected chi connectivity index (χ0v) is 23.4. The maximum Gasteiger partial charge on any atom is 0.289 e. The molecule has 2 aromatic carbocycles. The summed E-state index contributed by atoms with van der Waals surface area (Å²) in [5, 5.41) is 7.97. The van der Waals surface area contributed by atoms with Crippen LogP contribution >= 0.6 is 10.6 Å². The van der Waals surface area contributed by atoms with Crippen molar-refractivity contribution >= 4 is 33.2 Å². The largest absolute Gasteiger partial charge is 0.377 e. The number of ether oxygens (including phenoxy) is 1. The van der Waals surface area contributed by atoms with Gasteiger partial charge in [-0.3, -0.25) is 13.9 Å². The third-order valence-corrected chi connectivity index (χ3v) is 9.49. The van der Waals surface area contributed by atoms with Crippen molar-refractivity contribution in [1.82, 2.24) is 20.4 Å². The van der Waals surface area contributed by atoms with Gasteiger partial charge in [-0.05, 0) is 49.9 Å². The topological polar surface area (TPSA) is 134 Å². The summed E-state index contributed by atoms with van der Waals surface area (Å²) in [6.45, 7) is 5.44. The van der Waals surface area contributed by atoms with Crippen molar-refractivity contribution < 1.29 is 23.2 Å². The van der Waals surface area contributed by atoms with Crippen LogP contribution in [0, 0.1) is 13.8 Å². The quantitative estimate of drug-likeness (QED) is 0.302. The van der Waals surface area contributed by atoms with Crippen LogP contribution in [0.15, 0.2) is 53.1 Å². The number of carbonyl (C=O) groups excluding carboxylic acids is 1. The Morgan fingerprint density at radius 3 is 2.58 bits per heavy atom. The predicted molar refractivity (Wildman–Crippen MR) is 155 cm³/mol. The van der Waals surface area contributed by atoms with Gasteiger partial charge in [-0.1, -0.05) is 41.6 Å². The van der Waals surface area contributed by atoms with Crippen LogP contribution in [-0.4, -0.2) is 67.4 Å². The van der Waals surface area contributed by atoms with E-state index >= 15 is 0 Å². The molecule has 0 saturated carbocycles. The van der Waals surface area contributed by atoms with Gasteiger partial charge in [-0.25, -0.2) is 9.97 Å². The molecule has 0 spiro atoms. The summed E-state index contributed by atoms with van der Waals surface area (Å²) in [7, 11) is -2.54. The molecule has 11 heteroatoms. The minimum Gasteiger partial charge on any atom is -0.377 e. The van der Waals surface area contributed by atoms with E-state index in [0.717, 1.165) is 33.5 Å². The van der Waals surface area contributed by atoms with E-state index in [1.54, 1.807) is 0 Å². The van der Waals surface area contributed by atoms with Crippen molar-refractivity contribution in [3.05, 3.63) is 71.4 Å². The molecule has 2 aromatic heterocycles. The fourth-order valence-corrected chi connectivity index (χ4v) is 7.12. The summed E-state index contributed by atoms with van der Waals surface area (Å²) >= 11 is 0. The van der Waals surface area contributed by atoms with E-state index in [4.69, 9.17) is 14.2 Å². The molecule has 210 valence electrons. The van der Waals surface area contributed by atoms with Gasteiger partial charge in [0.15, 0.2) is 0 Å². The van der Waals surface area contributed by atoms with E-state index in [2.05, 4.69) is 32.5 Å². The van der Waals surface area contributed by atoms with Crippen molar-refractivity contribution in [1.29, 1.82) is 0 Å². The molecule has 2 aliphatic heterocycles. The second-order valence-electron chi connectivity index (χ2n) is 10.5. The first-order valence-electron chi connectivity index (χ1n) is 13.5. The number of morpholine rings is 1. The van der Waals surface area contributed by atoms with Crippen LogP contribution in [0.25, 0.3) is 22.0 Å². The molecule has 10 nitrogen and oxygen atoms in total. The maximum absolute atomic E-state index is 13.4. The Balaban J connectivity index is 1.43. The van der Waals surface area contributed by atoms with E-state index < -0.39 is 10.6 Å². The van der Waals surface area contributed by atoms with Crippen molar-refractivity contribution in [3.8, 4) is 11.1 Å². The average Bonchev–Trinajstić information content (AvgIpc) is 3.31. The van der Waals surface area contributed by atoms with Gasteiger partial charge in [0.25, 0.3) is 5.91 Å². The Morgan fingerprint density at radius 2 is 1.85 bits per heavy atom. The molecule has 0 radical (unpaired) electrons. The number of rotatable bonds is 5. The van der Waals surface area contributed by atoms with Crippen LogP contribution < -0.4 is 10.2 Å². The Bertz CT molecular complexity index is 1510. The van der Waals surface area contributed by atoms with E-state index in [-0.39, 0.29) is 23.8 Å². The fourth-order valence-electron chi connectivity index (χ4n) is 5.59. The van der Waals surface area contributed by atoms with Gasteiger partial charge in [0.2, 0.25) is 5.82 Å². The first-order valence-corrected chi connectivity index (χ1v) is 15.4. The molecule has 3 N–H and O–H groups in total. The Kier molecular flexibility index (Phi) is 7.22. The summed E-state index contributed by atoms with van der Waals surface area (Å²) in [5.41, 5.74) is 4.42. The number of aromatic nitrogens is 3. The molecule has 1 atom stereocenters. The number of fused-ring (bicyclic) bond motifs is 1. The lowest BCUT2D eigenvalue weighted by molar-refractivity contribution is 0.0919. The summed E-state index contributed by atoms with van der Waals surface area (Å²) in [6.07, 6.45) is 1.02. The lowest BCUT2D eigenvalue weighted by atomic mass is 10.0. The monoisotopic (exact) mass is 563 g/mol. The predicted octanol–water partition coefficient (Wildman–Crippen LogP) is 5.12. The highest BCUT2D eigenvalue weighted by Crippen LogP contribution is 2.44. The van der Waals surface area contributed by atoms with Crippen LogP contribution in [0.5, 0.6) is 0 Å². The Morgan fingerprint density at radius 1 is 1.07 bits per heavy atom. The molecule has 0 aliphatic carbocycles. The molecule has 40 heavy (non-hydrogen) atoms. The summed E-state index contributed by atoms with van der Waals surface area (Å²) in [6, 6.07) is 15.8. The smallest absolute Gasteiger partial charge is 0.289 e. The van der Waals surface area contributed by atoms with Crippen LogP contribution in [0.3, 0.4) is 0 Å². The number of hydrogen-bond donors (Lipinski definition) is 3. The van der Waals surface area contributed by atoms with E-state index in [0.29, 0.717) is 55.4 Å². The van der Waals surface area contributed by atoms with E-state index in [9.17, 15) is 13.9 Å². The van der Waals surface area contributed by atoms with Crippen LogP contribution in [0.4, 0.5) is 5.82 Å². The van der Waals surface area contributed by atoms with Crippen molar-refractivity contribution in [2.75, 3.05) is 36.2 Å². The number of benzene rings is 2. The zero-order chi connectivity index (χ0) is 27.9. The van der Waals surface area contributed by atoms with Gasteiger partial charge in [-0.2, -0.15) is 10.6 Å². The highest BCUT2D eigenvalue weighted by atomic mass is 32.3. The number of hydrogen-bond acceptors (Lipinski definition) is 9.